The van der Waals surface area contributed by atoms with Crippen molar-refractivity contribution >= 4 is 24.1 Å². The predicted octanol–water partition coefficient (Wildman–Crippen LogP) is 3.25. The Kier molecular flexibility index (Phi) is 10.2. The van der Waals surface area contributed by atoms with Gasteiger partial charge in [-0.05, 0) is 30.2 Å². The number of carbonyl (C=O) groups is 2. The molecule has 2 rings (SSSR count). The van der Waals surface area contributed by atoms with Crippen molar-refractivity contribution < 1.29 is 18.7 Å². The third-order valence-electron chi connectivity index (χ3n) is 4.30. The van der Waals surface area contributed by atoms with E-state index in [0.717, 1.165) is 18.1 Å². The van der Waals surface area contributed by atoms with E-state index in [0.29, 0.717) is 19.6 Å². The normalized spacial score (nSPS) is 10.1. The fraction of sp³-hybridized carbons (Fsp3) is 0.333. The Morgan fingerprint density at radius 1 is 1.07 bits per heavy atom. The number of methoxy groups -OCH3 is 1. The van der Waals surface area contributed by atoms with Crippen molar-refractivity contribution in [2.45, 2.75) is 19.3 Å². The van der Waals surface area contributed by atoms with Gasteiger partial charge in [0.2, 0.25) is 5.91 Å². The molecule has 0 aromatic heterocycles. The molecule has 0 unspecified atom stereocenters. The summed E-state index contributed by atoms with van der Waals surface area (Å²) < 4.78 is 18.6. The minimum absolute atomic E-state index is 0. The second-order valence-corrected chi connectivity index (χ2v) is 6.18. The summed E-state index contributed by atoms with van der Waals surface area (Å²) >= 11 is 0. The highest BCUT2D eigenvalue weighted by Crippen LogP contribution is 2.19. The SMILES string of the molecule is COc1ccc(C(=O)CCC(=O)N(CCN)CCc2ccccc2)cc1F.Cl. The molecule has 0 aliphatic carbocycles. The molecular weight excluding hydrogens is 383 g/mol. The zero-order valence-corrected chi connectivity index (χ0v) is 16.7. The summed E-state index contributed by atoms with van der Waals surface area (Å²) in [6, 6.07) is 13.9. The van der Waals surface area contributed by atoms with Gasteiger partial charge in [-0.25, -0.2) is 4.39 Å². The van der Waals surface area contributed by atoms with Crippen molar-refractivity contribution in [1.82, 2.24) is 4.90 Å². The first kappa shape index (κ1) is 23.6. The second kappa shape index (κ2) is 12.1. The molecule has 0 radical (unpaired) electrons. The van der Waals surface area contributed by atoms with Crippen molar-refractivity contribution in [2.75, 3.05) is 26.7 Å². The van der Waals surface area contributed by atoms with Crippen molar-refractivity contribution in [3.05, 3.63) is 65.5 Å². The van der Waals surface area contributed by atoms with E-state index in [-0.39, 0.29) is 48.3 Å². The summed E-state index contributed by atoms with van der Waals surface area (Å²) in [5.74, 6) is -0.917. The second-order valence-electron chi connectivity index (χ2n) is 6.18. The maximum atomic E-state index is 13.7. The van der Waals surface area contributed by atoms with Gasteiger partial charge in [-0.1, -0.05) is 30.3 Å². The molecule has 0 aliphatic rings. The molecule has 28 heavy (non-hydrogen) atoms. The van der Waals surface area contributed by atoms with Gasteiger partial charge in [-0.15, -0.1) is 12.4 Å². The van der Waals surface area contributed by atoms with Crippen LogP contribution in [-0.2, 0) is 11.2 Å². The first-order valence-corrected chi connectivity index (χ1v) is 8.93. The van der Waals surface area contributed by atoms with E-state index in [2.05, 4.69) is 0 Å². The van der Waals surface area contributed by atoms with E-state index < -0.39 is 5.82 Å². The van der Waals surface area contributed by atoms with E-state index >= 15 is 0 Å². The highest BCUT2D eigenvalue weighted by atomic mass is 35.5. The number of nitrogens with zero attached hydrogens (tertiary/aromatic N) is 1. The lowest BCUT2D eigenvalue weighted by molar-refractivity contribution is -0.131. The van der Waals surface area contributed by atoms with Crippen LogP contribution in [0.4, 0.5) is 4.39 Å². The van der Waals surface area contributed by atoms with Crippen LogP contribution in [0.2, 0.25) is 0 Å². The van der Waals surface area contributed by atoms with Crippen molar-refractivity contribution in [1.29, 1.82) is 0 Å². The van der Waals surface area contributed by atoms with Crippen LogP contribution < -0.4 is 10.5 Å². The minimum atomic E-state index is -0.595. The molecule has 7 heteroatoms. The smallest absolute Gasteiger partial charge is 0.223 e. The van der Waals surface area contributed by atoms with E-state index in [1.54, 1.807) is 4.90 Å². The molecule has 1 amide bonds. The fourth-order valence-corrected chi connectivity index (χ4v) is 2.79. The summed E-state index contributed by atoms with van der Waals surface area (Å²) in [6.45, 7) is 1.35. The maximum Gasteiger partial charge on any atom is 0.223 e. The van der Waals surface area contributed by atoms with Gasteiger partial charge in [0.25, 0.3) is 0 Å². The van der Waals surface area contributed by atoms with Crippen LogP contribution in [0.25, 0.3) is 0 Å². The average Bonchev–Trinajstić information content (AvgIpc) is 2.69. The third kappa shape index (κ3) is 6.94. The number of ether oxygens (including phenoxy) is 1. The molecule has 152 valence electrons. The zero-order valence-electron chi connectivity index (χ0n) is 15.9. The number of rotatable bonds is 10. The molecule has 0 spiro atoms. The molecule has 0 saturated carbocycles. The number of nitrogens with two attached hydrogens (primary N) is 1. The molecule has 0 saturated heterocycles. The van der Waals surface area contributed by atoms with Crippen LogP contribution in [0.15, 0.2) is 48.5 Å². The Morgan fingerprint density at radius 2 is 1.79 bits per heavy atom. The fourth-order valence-electron chi connectivity index (χ4n) is 2.79. The highest BCUT2D eigenvalue weighted by Gasteiger charge is 2.16. The van der Waals surface area contributed by atoms with Crippen LogP contribution in [0, 0.1) is 5.82 Å². The van der Waals surface area contributed by atoms with Crippen LogP contribution >= 0.6 is 12.4 Å². The Bertz CT molecular complexity index is 772. The molecule has 0 atom stereocenters. The Labute approximate surface area is 171 Å². The lowest BCUT2D eigenvalue weighted by Crippen LogP contribution is -2.37. The van der Waals surface area contributed by atoms with Crippen molar-refractivity contribution in [3.63, 3.8) is 0 Å². The van der Waals surface area contributed by atoms with E-state index in [1.165, 1.54) is 19.2 Å². The molecule has 0 heterocycles. The molecule has 0 fully saturated rings. The van der Waals surface area contributed by atoms with Gasteiger partial charge in [-0.3, -0.25) is 9.59 Å². The molecule has 2 aromatic carbocycles. The van der Waals surface area contributed by atoms with Gasteiger partial charge in [0.05, 0.1) is 7.11 Å². The zero-order chi connectivity index (χ0) is 19.6. The number of halogens is 2. The molecule has 5 nitrogen and oxygen atoms in total. The molecule has 2 N–H and O–H groups in total. The van der Waals surface area contributed by atoms with Crippen molar-refractivity contribution in [2.24, 2.45) is 5.73 Å². The lowest BCUT2D eigenvalue weighted by Gasteiger charge is -2.22. The Morgan fingerprint density at radius 3 is 2.39 bits per heavy atom. The number of amides is 1. The van der Waals surface area contributed by atoms with Crippen molar-refractivity contribution in [3.8, 4) is 5.75 Å². The molecule has 2 aromatic rings. The number of Topliss-reactive ketones (excluding diaryl/α,β-unsaturated/α-hetero) is 1. The van der Waals surface area contributed by atoms with Gasteiger partial charge in [-0.2, -0.15) is 0 Å². The van der Waals surface area contributed by atoms with Crippen LogP contribution in [-0.4, -0.2) is 43.3 Å². The predicted molar refractivity (Wildman–Crippen MR) is 110 cm³/mol. The number of benzene rings is 2. The number of carbonyl (C=O) groups excluding carboxylic acids is 2. The van der Waals surface area contributed by atoms with Gasteiger partial charge in [0.15, 0.2) is 17.3 Å². The molecule has 0 aliphatic heterocycles. The first-order chi connectivity index (χ1) is 13.0. The standard InChI is InChI=1S/C21H25FN2O3.ClH/c1-27-20-9-7-17(15-18(20)22)19(25)8-10-21(26)24(14-12-23)13-11-16-5-3-2-4-6-16;/h2-7,9,15H,8,10-14,23H2,1H3;1H. The molecular formula is C21H26ClFN2O3. The van der Waals surface area contributed by atoms with Gasteiger partial charge in [0.1, 0.15) is 0 Å². The van der Waals surface area contributed by atoms with E-state index in [9.17, 15) is 14.0 Å². The summed E-state index contributed by atoms with van der Waals surface area (Å²) in [6.07, 6.45) is 0.822. The maximum absolute atomic E-state index is 13.7. The van der Waals surface area contributed by atoms with Crippen LogP contribution in [0.5, 0.6) is 5.75 Å². The summed E-state index contributed by atoms with van der Waals surface area (Å²) in [5.41, 5.74) is 6.98. The monoisotopic (exact) mass is 408 g/mol. The third-order valence-corrected chi connectivity index (χ3v) is 4.30. The van der Waals surface area contributed by atoms with Crippen LogP contribution in [0.1, 0.15) is 28.8 Å². The Hall–Kier alpha value is -2.44. The van der Waals surface area contributed by atoms with Gasteiger partial charge < -0.3 is 15.4 Å². The molecule has 0 bridgehead atoms. The summed E-state index contributed by atoms with van der Waals surface area (Å²) in [5, 5.41) is 0. The first-order valence-electron chi connectivity index (χ1n) is 8.93. The average molecular weight is 409 g/mol. The summed E-state index contributed by atoms with van der Waals surface area (Å²) in [4.78, 5) is 26.4. The number of hydrogen-bond donors (Lipinski definition) is 1. The van der Waals surface area contributed by atoms with Crippen LogP contribution in [0.3, 0.4) is 0 Å². The topological polar surface area (TPSA) is 72.6 Å². The lowest BCUT2D eigenvalue weighted by atomic mass is 10.1. The quantitative estimate of drug-likeness (QED) is 0.612. The van der Waals surface area contributed by atoms with E-state index in [1.807, 2.05) is 30.3 Å². The van der Waals surface area contributed by atoms with E-state index in [4.69, 9.17) is 10.5 Å². The minimum Gasteiger partial charge on any atom is -0.494 e. The number of ketones is 1. The number of hydrogen-bond acceptors (Lipinski definition) is 4. The van der Waals surface area contributed by atoms with Gasteiger partial charge >= 0.3 is 0 Å². The highest BCUT2D eigenvalue weighted by molar-refractivity contribution is 5.98. The van der Waals surface area contributed by atoms with Gasteiger partial charge in [0, 0.05) is 38.0 Å². The summed E-state index contributed by atoms with van der Waals surface area (Å²) in [7, 11) is 1.36. The Balaban J connectivity index is 0.00000392. The largest absolute Gasteiger partial charge is 0.494 e.